The number of amides is 1. The molecule has 1 fully saturated rings. The predicted molar refractivity (Wildman–Crippen MR) is 92.6 cm³/mol. The normalized spacial score (nSPS) is 23.2. The number of likely N-dealkylation sites (N-methyl/N-ethyl adjacent to an activating group) is 1. The molecule has 1 atom stereocenters. The minimum absolute atomic E-state index is 0.00152. The predicted octanol–water partition coefficient (Wildman–Crippen LogP) is 2.12. The number of carbonyl (C=O) groups is 1. The Morgan fingerprint density at radius 3 is 2.65 bits per heavy atom. The molecule has 0 unspecified atom stereocenters. The Balaban J connectivity index is 1.90. The van der Waals surface area contributed by atoms with Crippen molar-refractivity contribution in [2.24, 2.45) is 0 Å². The van der Waals surface area contributed by atoms with Gasteiger partial charge in [-0.3, -0.25) is 9.69 Å². The Bertz CT molecular complexity index is 709. The first kappa shape index (κ1) is 18.5. The molecule has 1 aliphatic heterocycles. The van der Waals surface area contributed by atoms with Crippen LogP contribution in [0.15, 0.2) is 18.2 Å². The van der Waals surface area contributed by atoms with Gasteiger partial charge in [-0.2, -0.15) is 0 Å². The molecule has 1 aromatic carbocycles. The summed E-state index contributed by atoms with van der Waals surface area (Å²) in [6.45, 7) is 2.43. The summed E-state index contributed by atoms with van der Waals surface area (Å²) in [4.78, 5) is 14.0. The second-order valence-electron chi connectivity index (χ2n) is 6.36. The standard InChI is InChI=1S/C15H20Cl2N2O3S/c1-15(5-6-23(21,22)10-15)18-14(20)9-19(2)8-11-3-4-12(16)7-13(11)17/h3-4,7H,5-6,8-10H2,1-2H3,(H,18,20)/t15-/m0/s1. The highest BCUT2D eigenvalue weighted by Gasteiger charge is 2.39. The molecule has 0 aliphatic carbocycles. The lowest BCUT2D eigenvalue weighted by molar-refractivity contribution is -0.123. The number of hydrogen-bond acceptors (Lipinski definition) is 4. The maximum absolute atomic E-state index is 12.2. The van der Waals surface area contributed by atoms with Gasteiger partial charge in [0.15, 0.2) is 9.84 Å². The quantitative estimate of drug-likeness (QED) is 0.851. The second-order valence-corrected chi connectivity index (χ2v) is 9.39. The van der Waals surface area contributed by atoms with Crippen molar-refractivity contribution in [3.8, 4) is 0 Å². The molecule has 1 heterocycles. The molecule has 2 rings (SSSR count). The van der Waals surface area contributed by atoms with Crippen LogP contribution in [0.25, 0.3) is 0 Å². The summed E-state index contributed by atoms with van der Waals surface area (Å²) >= 11 is 12.0. The number of sulfone groups is 1. The number of nitrogens with zero attached hydrogens (tertiary/aromatic N) is 1. The molecular formula is C15H20Cl2N2O3S. The molecule has 0 spiro atoms. The van der Waals surface area contributed by atoms with E-state index in [1.807, 2.05) is 11.0 Å². The molecule has 0 radical (unpaired) electrons. The Morgan fingerprint density at radius 1 is 1.39 bits per heavy atom. The lowest BCUT2D eigenvalue weighted by Gasteiger charge is -2.26. The van der Waals surface area contributed by atoms with Crippen molar-refractivity contribution in [3.63, 3.8) is 0 Å². The van der Waals surface area contributed by atoms with Crippen molar-refractivity contribution < 1.29 is 13.2 Å². The van der Waals surface area contributed by atoms with Crippen LogP contribution >= 0.6 is 23.2 Å². The van der Waals surface area contributed by atoms with Crippen molar-refractivity contribution in [2.75, 3.05) is 25.1 Å². The molecule has 0 saturated carbocycles. The fraction of sp³-hybridized carbons (Fsp3) is 0.533. The SMILES string of the molecule is CN(CC(=O)N[C@@]1(C)CCS(=O)(=O)C1)Cc1ccc(Cl)cc1Cl. The molecule has 8 heteroatoms. The summed E-state index contributed by atoms with van der Waals surface area (Å²) < 4.78 is 23.1. The Kier molecular flexibility index (Phi) is 5.61. The van der Waals surface area contributed by atoms with Crippen LogP contribution < -0.4 is 5.32 Å². The van der Waals surface area contributed by atoms with Crippen molar-refractivity contribution in [2.45, 2.75) is 25.4 Å². The van der Waals surface area contributed by atoms with Gasteiger partial charge < -0.3 is 5.32 Å². The Morgan fingerprint density at radius 2 is 2.09 bits per heavy atom. The molecule has 1 N–H and O–H groups in total. The smallest absolute Gasteiger partial charge is 0.234 e. The van der Waals surface area contributed by atoms with Gasteiger partial charge in [-0.05, 0) is 38.1 Å². The van der Waals surface area contributed by atoms with E-state index in [1.165, 1.54) is 0 Å². The number of hydrogen-bond donors (Lipinski definition) is 1. The van der Waals surface area contributed by atoms with E-state index in [4.69, 9.17) is 23.2 Å². The minimum Gasteiger partial charge on any atom is -0.349 e. The largest absolute Gasteiger partial charge is 0.349 e. The van der Waals surface area contributed by atoms with Gasteiger partial charge in [-0.25, -0.2) is 8.42 Å². The molecule has 0 aromatic heterocycles. The van der Waals surface area contributed by atoms with Gasteiger partial charge in [0.2, 0.25) is 5.91 Å². The summed E-state index contributed by atoms with van der Waals surface area (Å²) in [5.74, 6) is -0.0736. The van der Waals surface area contributed by atoms with E-state index in [0.29, 0.717) is 23.0 Å². The average Bonchev–Trinajstić information content (AvgIpc) is 2.66. The van der Waals surface area contributed by atoms with E-state index < -0.39 is 15.4 Å². The molecule has 128 valence electrons. The highest BCUT2D eigenvalue weighted by molar-refractivity contribution is 7.91. The van der Waals surface area contributed by atoms with Crippen molar-refractivity contribution in [3.05, 3.63) is 33.8 Å². The van der Waals surface area contributed by atoms with E-state index in [-0.39, 0.29) is 24.0 Å². The lowest BCUT2D eigenvalue weighted by Crippen LogP contribution is -2.49. The van der Waals surface area contributed by atoms with Gasteiger partial charge in [0.25, 0.3) is 0 Å². The second kappa shape index (κ2) is 6.97. The summed E-state index contributed by atoms with van der Waals surface area (Å²) in [6, 6.07) is 5.24. The van der Waals surface area contributed by atoms with Gasteiger partial charge in [-0.15, -0.1) is 0 Å². The topological polar surface area (TPSA) is 66.5 Å². The molecule has 23 heavy (non-hydrogen) atoms. The fourth-order valence-electron chi connectivity index (χ4n) is 2.73. The third-order valence-corrected chi connectivity index (χ3v) is 6.30. The fourth-order valence-corrected chi connectivity index (χ4v) is 5.29. The molecular weight excluding hydrogens is 359 g/mol. The molecule has 1 amide bonds. The van der Waals surface area contributed by atoms with Crippen LogP contribution in [0.4, 0.5) is 0 Å². The highest BCUT2D eigenvalue weighted by Crippen LogP contribution is 2.23. The van der Waals surface area contributed by atoms with Crippen molar-refractivity contribution in [1.82, 2.24) is 10.2 Å². The lowest BCUT2D eigenvalue weighted by atomic mass is 10.0. The van der Waals surface area contributed by atoms with Crippen LogP contribution in [0.2, 0.25) is 10.0 Å². The van der Waals surface area contributed by atoms with Crippen LogP contribution in [0.1, 0.15) is 18.9 Å². The van der Waals surface area contributed by atoms with Crippen LogP contribution in [0, 0.1) is 0 Å². The van der Waals surface area contributed by atoms with E-state index in [9.17, 15) is 13.2 Å². The van der Waals surface area contributed by atoms with Gasteiger partial charge in [0, 0.05) is 16.6 Å². The van der Waals surface area contributed by atoms with Gasteiger partial charge in [0.1, 0.15) is 0 Å². The van der Waals surface area contributed by atoms with Crippen LogP contribution in [-0.4, -0.2) is 49.9 Å². The zero-order chi connectivity index (χ0) is 17.3. The van der Waals surface area contributed by atoms with Crippen LogP contribution in [0.5, 0.6) is 0 Å². The van der Waals surface area contributed by atoms with Gasteiger partial charge in [-0.1, -0.05) is 29.3 Å². The average molecular weight is 379 g/mol. The molecule has 1 aliphatic rings. The van der Waals surface area contributed by atoms with E-state index in [2.05, 4.69) is 5.32 Å². The molecule has 1 aromatic rings. The van der Waals surface area contributed by atoms with Crippen LogP contribution in [-0.2, 0) is 21.2 Å². The molecule has 1 saturated heterocycles. The number of nitrogens with one attached hydrogen (secondary N) is 1. The first-order valence-electron chi connectivity index (χ1n) is 7.22. The highest BCUT2D eigenvalue weighted by atomic mass is 35.5. The first-order chi connectivity index (χ1) is 10.6. The zero-order valence-corrected chi connectivity index (χ0v) is 15.4. The third-order valence-electron chi connectivity index (χ3n) is 3.81. The van der Waals surface area contributed by atoms with Crippen molar-refractivity contribution in [1.29, 1.82) is 0 Å². The van der Waals surface area contributed by atoms with Crippen LogP contribution in [0.3, 0.4) is 0 Å². The van der Waals surface area contributed by atoms with Crippen molar-refractivity contribution >= 4 is 38.9 Å². The Labute approximate surface area is 146 Å². The number of benzene rings is 1. The summed E-state index contributed by atoms with van der Waals surface area (Å²) in [6.07, 6.45) is 0.452. The number of halogens is 2. The summed E-state index contributed by atoms with van der Waals surface area (Å²) in [7, 11) is -1.24. The number of carbonyl (C=O) groups excluding carboxylic acids is 1. The monoisotopic (exact) mass is 378 g/mol. The maximum Gasteiger partial charge on any atom is 0.234 e. The van der Waals surface area contributed by atoms with Gasteiger partial charge >= 0.3 is 0 Å². The zero-order valence-electron chi connectivity index (χ0n) is 13.1. The maximum atomic E-state index is 12.2. The van der Waals surface area contributed by atoms with Gasteiger partial charge in [0.05, 0.1) is 23.6 Å². The molecule has 5 nitrogen and oxygen atoms in total. The Hall–Kier alpha value is -0.820. The summed E-state index contributed by atoms with van der Waals surface area (Å²) in [5, 5.41) is 3.96. The summed E-state index contributed by atoms with van der Waals surface area (Å²) in [5.41, 5.74) is 0.204. The molecule has 0 bridgehead atoms. The van der Waals surface area contributed by atoms with E-state index in [1.54, 1.807) is 26.1 Å². The third kappa shape index (κ3) is 5.35. The minimum atomic E-state index is -3.04. The van der Waals surface area contributed by atoms with E-state index in [0.717, 1.165) is 5.56 Å². The van der Waals surface area contributed by atoms with E-state index >= 15 is 0 Å². The number of rotatable bonds is 5. The first-order valence-corrected chi connectivity index (χ1v) is 9.80.